The molecule has 1 saturated carbocycles. The summed E-state index contributed by atoms with van der Waals surface area (Å²) in [4.78, 5) is 6.88. The fourth-order valence-electron chi connectivity index (χ4n) is 5.04. The van der Waals surface area contributed by atoms with E-state index in [0.29, 0.717) is 22.6 Å². The minimum Gasteiger partial charge on any atom is -0.420 e. The van der Waals surface area contributed by atoms with Gasteiger partial charge in [0.15, 0.2) is 0 Å². The Bertz CT molecular complexity index is 1230. The Morgan fingerprint density at radius 1 is 1.00 bits per heavy atom. The predicted octanol–water partition coefficient (Wildman–Crippen LogP) is 5.19. The van der Waals surface area contributed by atoms with E-state index in [0.717, 1.165) is 61.4 Å². The third-order valence-electron chi connectivity index (χ3n) is 7.00. The first-order valence-electron chi connectivity index (χ1n) is 10.9. The molecule has 3 heterocycles. The number of halogens is 1. The lowest BCUT2D eigenvalue weighted by molar-refractivity contribution is 0.160. The van der Waals surface area contributed by atoms with Crippen LogP contribution in [-0.2, 0) is 6.54 Å². The molecule has 0 amide bonds. The zero-order chi connectivity index (χ0) is 20.8. The van der Waals surface area contributed by atoms with Crippen molar-refractivity contribution in [3.63, 3.8) is 0 Å². The van der Waals surface area contributed by atoms with Gasteiger partial charge in [-0.3, -0.25) is 9.88 Å². The molecular formula is C25H23FN4O. The molecule has 1 atom stereocenters. The molecule has 5 nitrogen and oxygen atoms in total. The maximum Gasteiger partial charge on any atom is 0.247 e. The van der Waals surface area contributed by atoms with Crippen molar-refractivity contribution < 1.29 is 8.81 Å². The van der Waals surface area contributed by atoms with E-state index in [1.807, 2.05) is 36.4 Å². The third-order valence-corrected chi connectivity index (χ3v) is 7.00. The number of benzene rings is 2. The standard InChI is InChI=1S/C25H23FN4O/c26-21-9-8-18(22-19(21)7-4-12-27-22)16-30-13-10-25(11-14-30)15-20(25)24-29-28-23(31-24)17-5-2-1-3-6-17/h1-9,12,20H,10-11,13-16H2/t20-/m0/s1. The van der Waals surface area contributed by atoms with Crippen LogP contribution in [-0.4, -0.2) is 33.2 Å². The first-order valence-corrected chi connectivity index (χ1v) is 10.9. The summed E-state index contributed by atoms with van der Waals surface area (Å²) in [5.74, 6) is 1.54. The predicted molar refractivity (Wildman–Crippen MR) is 116 cm³/mol. The second kappa shape index (κ2) is 7.24. The Morgan fingerprint density at radius 2 is 1.84 bits per heavy atom. The number of nitrogens with zero attached hydrogens (tertiary/aromatic N) is 4. The summed E-state index contributed by atoms with van der Waals surface area (Å²) in [6.07, 6.45) is 5.10. The number of fused-ring (bicyclic) bond motifs is 1. The van der Waals surface area contributed by atoms with Gasteiger partial charge in [-0.15, -0.1) is 10.2 Å². The number of pyridine rings is 1. The molecule has 0 bridgehead atoms. The van der Waals surface area contributed by atoms with E-state index in [2.05, 4.69) is 20.1 Å². The lowest BCUT2D eigenvalue weighted by Gasteiger charge is -2.32. The van der Waals surface area contributed by atoms with Gasteiger partial charge in [0.25, 0.3) is 0 Å². The highest BCUT2D eigenvalue weighted by Gasteiger charge is 2.58. The van der Waals surface area contributed by atoms with Gasteiger partial charge in [0.1, 0.15) is 5.82 Å². The van der Waals surface area contributed by atoms with Crippen LogP contribution >= 0.6 is 0 Å². The molecule has 4 aromatic rings. The average Bonchev–Trinajstić information content (AvgIpc) is 3.28. The zero-order valence-corrected chi connectivity index (χ0v) is 17.2. The first-order chi connectivity index (χ1) is 15.2. The smallest absolute Gasteiger partial charge is 0.247 e. The van der Waals surface area contributed by atoms with Crippen molar-refractivity contribution in [3.05, 3.63) is 78.1 Å². The number of hydrogen-bond donors (Lipinski definition) is 0. The van der Waals surface area contributed by atoms with Gasteiger partial charge < -0.3 is 4.42 Å². The maximum atomic E-state index is 14.1. The molecule has 1 aliphatic heterocycles. The fourth-order valence-corrected chi connectivity index (χ4v) is 5.04. The quantitative estimate of drug-likeness (QED) is 0.460. The monoisotopic (exact) mass is 414 g/mol. The van der Waals surface area contributed by atoms with Gasteiger partial charge in [0.05, 0.1) is 5.52 Å². The van der Waals surface area contributed by atoms with Crippen LogP contribution in [0.3, 0.4) is 0 Å². The normalized spacial score (nSPS) is 20.4. The number of aromatic nitrogens is 3. The number of rotatable bonds is 4. The Balaban J connectivity index is 1.13. The molecular weight excluding hydrogens is 391 g/mol. The largest absolute Gasteiger partial charge is 0.420 e. The second-order valence-electron chi connectivity index (χ2n) is 8.81. The summed E-state index contributed by atoms with van der Waals surface area (Å²) in [6, 6.07) is 16.9. The number of hydrogen-bond acceptors (Lipinski definition) is 5. The zero-order valence-electron chi connectivity index (χ0n) is 17.2. The molecule has 1 aliphatic carbocycles. The Labute approximate surface area is 179 Å². The fraction of sp³-hybridized carbons (Fsp3) is 0.320. The van der Waals surface area contributed by atoms with Crippen molar-refractivity contribution in [2.75, 3.05) is 13.1 Å². The second-order valence-corrected chi connectivity index (χ2v) is 8.81. The summed E-state index contributed by atoms with van der Waals surface area (Å²) < 4.78 is 20.1. The minimum absolute atomic E-state index is 0.209. The molecule has 6 rings (SSSR count). The van der Waals surface area contributed by atoms with Crippen molar-refractivity contribution in [1.29, 1.82) is 0 Å². The van der Waals surface area contributed by atoms with Gasteiger partial charge in [-0.05, 0) is 73.7 Å². The minimum atomic E-state index is -0.209. The maximum absolute atomic E-state index is 14.1. The highest BCUT2D eigenvalue weighted by atomic mass is 19.1. The van der Waals surface area contributed by atoms with Gasteiger partial charge >= 0.3 is 0 Å². The van der Waals surface area contributed by atoms with Crippen molar-refractivity contribution in [1.82, 2.24) is 20.1 Å². The van der Waals surface area contributed by atoms with E-state index in [-0.39, 0.29) is 5.82 Å². The number of likely N-dealkylation sites (tertiary alicyclic amines) is 1. The lowest BCUT2D eigenvalue weighted by Crippen LogP contribution is -2.34. The molecule has 0 radical (unpaired) electrons. The van der Waals surface area contributed by atoms with Crippen LogP contribution in [0.5, 0.6) is 0 Å². The molecule has 2 aromatic carbocycles. The van der Waals surface area contributed by atoms with E-state index in [1.54, 1.807) is 24.4 Å². The van der Waals surface area contributed by atoms with Crippen LogP contribution in [0, 0.1) is 11.2 Å². The highest BCUT2D eigenvalue weighted by Crippen LogP contribution is 2.64. The first kappa shape index (κ1) is 18.6. The van der Waals surface area contributed by atoms with Crippen LogP contribution < -0.4 is 0 Å². The average molecular weight is 414 g/mol. The van der Waals surface area contributed by atoms with Crippen molar-refractivity contribution >= 4 is 10.9 Å². The lowest BCUT2D eigenvalue weighted by atomic mass is 9.90. The van der Waals surface area contributed by atoms with Crippen LogP contribution in [0.2, 0.25) is 0 Å². The van der Waals surface area contributed by atoms with Gasteiger partial charge in [-0.2, -0.15) is 0 Å². The van der Waals surface area contributed by atoms with E-state index in [4.69, 9.17) is 4.42 Å². The molecule has 0 unspecified atom stereocenters. The van der Waals surface area contributed by atoms with Crippen LogP contribution in [0.1, 0.15) is 36.6 Å². The van der Waals surface area contributed by atoms with Gasteiger partial charge in [-0.1, -0.05) is 24.3 Å². The Kier molecular flexibility index (Phi) is 4.35. The number of piperidine rings is 1. The van der Waals surface area contributed by atoms with E-state index in [9.17, 15) is 4.39 Å². The molecule has 1 spiro atoms. The van der Waals surface area contributed by atoms with Crippen LogP contribution in [0.15, 0.2) is 65.2 Å². The van der Waals surface area contributed by atoms with Crippen molar-refractivity contribution in [2.45, 2.75) is 31.7 Å². The molecule has 0 N–H and O–H groups in total. The highest BCUT2D eigenvalue weighted by molar-refractivity contribution is 5.82. The van der Waals surface area contributed by atoms with Crippen molar-refractivity contribution in [2.24, 2.45) is 5.41 Å². The van der Waals surface area contributed by atoms with Crippen LogP contribution in [0.25, 0.3) is 22.4 Å². The Hall–Kier alpha value is -3.12. The van der Waals surface area contributed by atoms with Crippen LogP contribution in [0.4, 0.5) is 4.39 Å². The molecule has 6 heteroatoms. The third kappa shape index (κ3) is 3.31. The SMILES string of the molecule is Fc1ccc(CN2CCC3(CC2)C[C@H]3c2nnc(-c3ccccc3)o2)c2ncccc12. The molecule has 31 heavy (non-hydrogen) atoms. The van der Waals surface area contributed by atoms with Gasteiger partial charge in [0.2, 0.25) is 11.8 Å². The summed E-state index contributed by atoms with van der Waals surface area (Å²) in [5.41, 5.74) is 3.11. The molecule has 2 fully saturated rings. The summed E-state index contributed by atoms with van der Waals surface area (Å²) in [7, 11) is 0. The van der Waals surface area contributed by atoms with E-state index < -0.39 is 0 Å². The topological polar surface area (TPSA) is 55.1 Å². The molecule has 2 aliphatic rings. The summed E-state index contributed by atoms with van der Waals surface area (Å²) in [6.45, 7) is 2.83. The van der Waals surface area contributed by atoms with Crippen molar-refractivity contribution in [3.8, 4) is 11.5 Å². The molecule has 2 aromatic heterocycles. The van der Waals surface area contributed by atoms with E-state index in [1.165, 1.54) is 0 Å². The van der Waals surface area contributed by atoms with Gasteiger partial charge in [-0.25, -0.2) is 4.39 Å². The summed E-state index contributed by atoms with van der Waals surface area (Å²) >= 11 is 0. The Morgan fingerprint density at radius 3 is 2.68 bits per heavy atom. The molecule has 1 saturated heterocycles. The van der Waals surface area contributed by atoms with Gasteiger partial charge in [0, 0.05) is 29.6 Å². The molecule has 156 valence electrons. The van der Waals surface area contributed by atoms with E-state index >= 15 is 0 Å². The summed E-state index contributed by atoms with van der Waals surface area (Å²) in [5, 5.41) is 9.23.